The van der Waals surface area contributed by atoms with Crippen LogP contribution < -0.4 is 9.47 Å². The van der Waals surface area contributed by atoms with E-state index in [4.69, 9.17) is 19.3 Å². The van der Waals surface area contributed by atoms with Crippen molar-refractivity contribution in [3.8, 4) is 23.1 Å². The molecular formula is C26H33N3O4. The minimum absolute atomic E-state index is 0.320. The highest BCUT2D eigenvalue weighted by Crippen LogP contribution is 2.36. The zero-order valence-electron chi connectivity index (χ0n) is 19.6. The fraction of sp³-hybridized carbons (Fsp3) is 0.423. The molecule has 3 aromatic rings. The number of hydrogen-bond acceptors (Lipinski definition) is 6. The lowest BCUT2D eigenvalue weighted by Crippen LogP contribution is -2.36. The molecule has 2 aromatic carbocycles. The Bertz CT molecular complexity index is 1030. The van der Waals surface area contributed by atoms with Gasteiger partial charge in [0, 0.05) is 32.3 Å². The van der Waals surface area contributed by atoms with Crippen LogP contribution in [0, 0.1) is 0 Å². The van der Waals surface area contributed by atoms with E-state index < -0.39 is 6.10 Å². The van der Waals surface area contributed by atoms with Crippen LogP contribution in [0.2, 0.25) is 0 Å². The molecule has 7 nitrogen and oxygen atoms in total. The first-order valence-corrected chi connectivity index (χ1v) is 11.5. The Morgan fingerprint density at radius 2 is 1.85 bits per heavy atom. The number of methoxy groups -OCH3 is 2. The Balaban J connectivity index is 1.73. The van der Waals surface area contributed by atoms with E-state index in [2.05, 4.69) is 11.8 Å². The summed E-state index contributed by atoms with van der Waals surface area (Å²) in [6.45, 7) is 3.63. The number of ether oxygens (including phenoxy) is 3. The zero-order valence-corrected chi connectivity index (χ0v) is 19.6. The van der Waals surface area contributed by atoms with Crippen LogP contribution in [-0.2, 0) is 17.7 Å². The summed E-state index contributed by atoms with van der Waals surface area (Å²) in [6.07, 6.45) is 2.52. The number of aromatic nitrogens is 2. The van der Waals surface area contributed by atoms with Crippen LogP contribution in [-0.4, -0.2) is 59.3 Å². The van der Waals surface area contributed by atoms with Gasteiger partial charge in [-0.2, -0.15) is 5.10 Å². The largest absolute Gasteiger partial charge is 0.497 e. The van der Waals surface area contributed by atoms with Crippen molar-refractivity contribution < 1.29 is 19.3 Å². The predicted octanol–water partition coefficient (Wildman–Crippen LogP) is 4.21. The average Bonchev–Trinajstić information content (AvgIpc) is 3.63. The molecule has 0 aliphatic heterocycles. The second-order valence-corrected chi connectivity index (χ2v) is 8.38. The number of nitrogens with zero attached hydrogens (tertiary/aromatic N) is 3. The first-order chi connectivity index (χ1) is 16.1. The molecule has 0 bridgehead atoms. The van der Waals surface area contributed by atoms with Crippen LogP contribution in [0.3, 0.4) is 0 Å². The average molecular weight is 452 g/mol. The van der Waals surface area contributed by atoms with Gasteiger partial charge in [-0.05, 0) is 43.5 Å². The van der Waals surface area contributed by atoms with Gasteiger partial charge in [-0.25, -0.2) is 4.68 Å². The second kappa shape index (κ2) is 10.8. The Morgan fingerprint density at radius 3 is 2.52 bits per heavy atom. The highest BCUT2D eigenvalue weighted by molar-refractivity contribution is 5.44. The molecule has 1 aromatic heterocycles. The Morgan fingerprint density at radius 1 is 1.09 bits per heavy atom. The summed E-state index contributed by atoms with van der Waals surface area (Å²) >= 11 is 0. The van der Waals surface area contributed by atoms with E-state index in [1.165, 1.54) is 0 Å². The minimum Gasteiger partial charge on any atom is -0.497 e. The molecule has 176 valence electrons. The van der Waals surface area contributed by atoms with Crippen molar-refractivity contribution >= 4 is 0 Å². The van der Waals surface area contributed by atoms with Gasteiger partial charge in [0.2, 0.25) is 5.88 Å². The van der Waals surface area contributed by atoms with E-state index in [1.807, 2.05) is 59.3 Å². The van der Waals surface area contributed by atoms with E-state index in [9.17, 15) is 5.11 Å². The zero-order chi connectivity index (χ0) is 23.2. The summed E-state index contributed by atoms with van der Waals surface area (Å²) in [7, 11) is 3.26. The third-order valence-electron chi connectivity index (χ3n) is 5.84. The van der Waals surface area contributed by atoms with Crippen LogP contribution in [0.15, 0.2) is 54.6 Å². The van der Waals surface area contributed by atoms with Crippen molar-refractivity contribution in [3.05, 3.63) is 65.9 Å². The lowest BCUT2D eigenvalue weighted by molar-refractivity contribution is 0.0335. The van der Waals surface area contributed by atoms with E-state index in [1.54, 1.807) is 14.2 Å². The topological polar surface area (TPSA) is 69.0 Å². The lowest BCUT2D eigenvalue weighted by Gasteiger charge is -2.25. The van der Waals surface area contributed by atoms with Gasteiger partial charge >= 0.3 is 0 Å². The molecule has 0 amide bonds. The SMILES string of the molecule is CCc1nn(-c2ccccc2)c(Oc2cccc(OC)c2)c1CN(C[C@@H](O)COC)C1CC1. The number of benzene rings is 2. The summed E-state index contributed by atoms with van der Waals surface area (Å²) < 4.78 is 18.9. The molecule has 0 saturated heterocycles. The first kappa shape index (κ1) is 23.3. The lowest BCUT2D eigenvalue weighted by atomic mass is 10.1. The first-order valence-electron chi connectivity index (χ1n) is 11.5. The van der Waals surface area contributed by atoms with Gasteiger partial charge in [0.05, 0.1) is 36.8 Å². The Kier molecular flexibility index (Phi) is 7.65. The van der Waals surface area contributed by atoms with Gasteiger partial charge in [-0.15, -0.1) is 0 Å². The van der Waals surface area contributed by atoms with Gasteiger partial charge in [0.15, 0.2) is 0 Å². The van der Waals surface area contributed by atoms with Gasteiger partial charge in [0.1, 0.15) is 11.5 Å². The van der Waals surface area contributed by atoms with Crippen molar-refractivity contribution in [2.45, 2.75) is 44.9 Å². The summed E-state index contributed by atoms with van der Waals surface area (Å²) in [4.78, 5) is 2.33. The molecule has 0 radical (unpaired) electrons. The maximum absolute atomic E-state index is 10.4. The number of aryl methyl sites for hydroxylation is 1. The molecule has 1 atom stereocenters. The highest BCUT2D eigenvalue weighted by atomic mass is 16.5. The molecule has 1 heterocycles. The van der Waals surface area contributed by atoms with E-state index in [0.29, 0.717) is 37.4 Å². The normalized spacial score (nSPS) is 14.5. The van der Waals surface area contributed by atoms with Crippen molar-refractivity contribution in [2.24, 2.45) is 0 Å². The minimum atomic E-state index is -0.535. The van der Waals surface area contributed by atoms with Crippen LogP contribution in [0.1, 0.15) is 31.0 Å². The van der Waals surface area contributed by atoms with Crippen LogP contribution in [0.25, 0.3) is 5.69 Å². The van der Waals surface area contributed by atoms with E-state index in [0.717, 1.165) is 42.0 Å². The maximum atomic E-state index is 10.4. The van der Waals surface area contributed by atoms with Crippen molar-refractivity contribution in [1.29, 1.82) is 0 Å². The van der Waals surface area contributed by atoms with Gasteiger partial charge < -0.3 is 19.3 Å². The molecule has 1 aliphatic carbocycles. The smallest absolute Gasteiger partial charge is 0.227 e. The number of aliphatic hydroxyl groups is 1. The van der Waals surface area contributed by atoms with Crippen LogP contribution >= 0.6 is 0 Å². The number of hydrogen-bond donors (Lipinski definition) is 1. The molecule has 0 unspecified atom stereocenters. The molecule has 1 fully saturated rings. The quantitative estimate of drug-likeness (QED) is 0.445. The maximum Gasteiger partial charge on any atom is 0.227 e. The standard InChI is InChI=1S/C26H33N3O4/c1-4-25-24(17-28(19-13-14-19)16-21(30)18-31-2)26(29(27-25)20-9-6-5-7-10-20)33-23-12-8-11-22(15-23)32-3/h5-12,15,19,21,30H,4,13-14,16-18H2,1-3H3/t21-/m1/s1. The molecule has 1 saturated carbocycles. The van der Waals surface area contributed by atoms with Crippen LogP contribution in [0.4, 0.5) is 0 Å². The van der Waals surface area contributed by atoms with Gasteiger partial charge in [0.25, 0.3) is 0 Å². The summed E-state index contributed by atoms with van der Waals surface area (Å²) in [6, 6.07) is 18.1. The molecular weight excluding hydrogens is 418 g/mol. The Hall–Kier alpha value is -2.87. The molecule has 0 spiro atoms. The highest BCUT2D eigenvalue weighted by Gasteiger charge is 2.33. The van der Waals surface area contributed by atoms with Gasteiger partial charge in [-0.1, -0.05) is 31.2 Å². The summed E-state index contributed by atoms with van der Waals surface area (Å²) in [5.74, 6) is 2.11. The molecule has 7 heteroatoms. The molecule has 1 N–H and O–H groups in total. The fourth-order valence-corrected chi connectivity index (χ4v) is 4.05. The predicted molar refractivity (Wildman–Crippen MR) is 127 cm³/mol. The summed E-state index contributed by atoms with van der Waals surface area (Å²) in [5, 5.41) is 15.3. The van der Waals surface area contributed by atoms with Gasteiger partial charge in [-0.3, -0.25) is 4.90 Å². The van der Waals surface area contributed by atoms with Crippen LogP contribution in [0.5, 0.6) is 17.4 Å². The fourth-order valence-electron chi connectivity index (χ4n) is 4.05. The van der Waals surface area contributed by atoms with E-state index in [-0.39, 0.29) is 0 Å². The third kappa shape index (κ3) is 5.74. The second-order valence-electron chi connectivity index (χ2n) is 8.38. The van der Waals surface area contributed by atoms with Crippen molar-refractivity contribution in [3.63, 3.8) is 0 Å². The van der Waals surface area contributed by atoms with Crippen molar-refractivity contribution in [1.82, 2.24) is 14.7 Å². The monoisotopic (exact) mass is 451 g/mol. The Labute approximate surface area is 195 Å². The molecule has 33 heavy (non-hydrogen) atoms. The number of aliphatic hydroxyl groups excluding tert-OH is 1. The third-order valence-corrected chi connectivity index (χ3v) is 5.84. The molecule has 1 aliphatic rings. The summed E-state index contributed by atoms with van der Waals surface area (Å²) in [5.41, 5.74) is 2.97. The molecule has 4 rings (SSSR count). The van der Waals surface area contributed by atoms with Crippen molar-refractivity contribution in [2.75, 3.05) is 27.4 Å². The number of rotatable bonds is 12. The van der Waals surface area contributed by atoms with E-state index >= 15 is 0 Å². The number of para-hydroxylation sites is 1.